The normalized spacial score (nSPS) is 17.0. The summed E-state index contributed by atoms with van der Waals surface area (Å²) in [4.78, 5) is 4.93. The molecule has 0 spiro atoms. The van der Waals surface area contributed by atoms with Gasteiger partial charge in [-0.2, -0.15) is 0 Å². The number of hydrogen-bond donors (Lipinski definition) is 0. The van der Waals surface area contributed by atoms with Gasteiger partial charge in [-0.05, 0) is 51.0 Å². The van der Waals surface area contributed by atoms with Gasteiger partial charge < -0.3 is 9.80 Å². The number of likely N-dealkylation sites (tertiary alicyclic amines) is 1. The van der Waals surface area contributed by atoms with E-state index in [0.29, 0.717) is 5.92 Å². The van der Waals surface area contributed by atoms with Crippen LogP contribution in [-0.2, 0) is 6.54 Å². The van der Waals surface area contributed by atoms with Crippen molar-refractivity contribution >= 4 is 0 Å². The van der Waals surface area contributed by atoms with Crippen molar-refractivity contribution in [2.75, 3.05) is 33.2 Å². The predicted molar refractivity (Wildman–Crippen MR) is 92.5 cm³/mol. The van der Waals surface area contributed by atoms with Gasteiger partial charge in [0.2, 0.25) is 0 Å². The Morgan fingerprint density at radius 3 is 2.65 bits per heavy atom. The molecule has 1 aliphatic heterocycles. The third kappa shape index (κ3) is 4.62. The van der Waals surface area contributed by atoms with Gasteiger partial charge in [-0.1, -0.05) is 30.3 Å². The summed E-state index contributed by atoms with van der Waals surface area (Å²) in [6.45, 7) is 8.04. The fraction of sp³-hybridized carbons (Fsp3) is 0.556. The van der Waals surface area contributed by atoms with Gasteiger partial charge in [0.15, 0.2) is 0 Å². The van der Waals surface area contributed by atoms with Crippen molar-refractivity contribution in [3.05, 3.63) is 42.2 Å². The number of aromatic nitrogens is 3. The molecule has 1 fully saturated rings. The van der Waals surface area contributed by atoms with Crippen molar-refractivity contribution in [2.45, 2.75) is 26.3 Å². The number of nitrogens with zero attached hydrogens (tertiary/aromatic N) is 5. The minimum absolute atomic E-state index is 0.683. The molecule has 3 rings (SSSR count). The Labute approximate surface area is 138 Å². The highest BCUT2D eigenvalue weighted by Gasteiger charge is 2.16. The van der Waals surface area contributed by atoms with Crippen LogP contribution in [0.3, 0.4) is 0 Å². The molecule has 2 aromatic rings. The Kier molecular flexibility index (Phi) is 5.41. The second-order valence-corrected chi connectivity index (χ2v) is 6.80. The van der Waals surface area contributed by atoms with Crippen molar-refractivity contribution in [1.29, 1.82) is 0 Å². The van der Waals surface area contributed by atoms with E-state index in [1.807, 2.05) is 41.2 Å². The van der Waals surface area contributed by atoms with Crippen LogP contribution < -0.4 is 0 Å². The van der Waals surface area contributed by atoms with E-state index in [-0.39, 0.29) is 0 Å². The molecule has 0 radical (unpaired) electrons. The van der Waals surface area contributed by atoms with E-state index in [9.17, 15) is 0 Å². The number of benzene rings is 1. The molecule has 0 N–H and O–H groups in total. The fourth-order valence-corrected chi connectivity index (χ4v) is 3.41. The van der Waals surface area contributed by atoms with E-state index in [2.05, 4.69) is 34.1 Å². The first kappa shape index (κ1) is 16.1. The Bertz CT molecular complexity index is 588. The summed E-state index contributed by atoms with van der Waals surface area (Å²) in [6, 6.07) is 10.1. The summed E-state index contributed by atoms with van der Waals surface area (Å²) < 4.78 is 1.84. The summed E-state index contributed by atoms with van der Waals surface area (Å²) in [5.41, 5.74) is 2.07. The van der Waals surface area contributed by atoms with Gasteiger partial charge in [-0.3, -0.25) is 0 Å². The van der Waals surface area contributed by atoms with Gasteiger partial charge >= 0.3 is 0 Å². The molecule has 5 nitrogen and oxygen atoms in total. The minimum Gasteiger partial charge on any atom is -0.303 e. The average molecular weight is 313 g/mol. The second kappa shape index (κ2) is 7.70. The molecule has 0 unspecified atom stereocenters. The maximum atomic E-state index is 4.30. The smallest absolute Gasteiger partial charge is 0.0971 e. The molecule has 0 saturated carbocycles. The number of hydrogen-bond acceptors (Lipinski definition) is 4. The molecular weight excluding hydrogens is 286 g/mol. The third-order valence-corrected chi connectivity index (χ3v) is 4.39. The maximum absolute atomic E-state index is 4.30. The van der Waals surface area contributed by atoms with Gasteiger partial charge in [0.05, 0.1) is 17.6 Å². The monoisotopic (exact) mass is 313 g/mol. The molecule has 1 aromatic carbocycles. The summed E-state index contributed by atoms with van der Waals surface area (Å²) >= 11 is 0. The van der Waals surface area contributed by atoms with E-state index in [1.165, 1.54) is 32.5 Å². The highest BCUT2D eigenvalue weighted by atomic mass is 15.4. The first-order valence-corrected chi connectivity index (χ1v) is 8.58. The quantitative estimate of drug-likeness (QED) is 0.787. The van der Waals surface area contributed by atoms with Crippen molar-refractivity contribution in [3.63, 3.8) is 0 Å². The van der Waals surface area contributed by atoms with Crippen LogP contribution in [0.2, 0.25) is 0 Å². The molecule has 5 heteroatoms. The van der Waals surface area contributed by atoms with Crippen molar-refractivity contribution in [1.82, 2.24) is 24.8 Å². The highest BCUT2D eigenvalue weighted by Crippen LogP contribution is 2.12. The first-order chi connectivity index (χ1) is 11.2. The van der Waals surface area contributed by atoms with Crippen LogP contribution in [-0.4, -0.2) is 58.0 Å². The molecule has 1 saturated heterocycles. The molecule has 1 atom stereocenters. The van der Waals surface area contributed by atoms with E-state index in [4.69, 9.17) is 0 Å². The SMILES string of the molecule is C[C@H](CN(C)Cc1cn(-c2ccccc2)nn1)CN1CCCC1. The Balaban J connectivity index is 1.49. The fourth-order valence-electron chi connectivity index (χ4n) is 3.41. The third-order valence-electron chi connectivity index (χ3n) is 4.39. The van der Waals surface area contributed by atoms with Crippen LogP contribution in [0.15, 0.2) is 36.5 Å². The standard InChI is InChI=1S/C18H27N5/c1-16(13-22-10-6-7-11-22)12-21(2)14-17-15-23(20-19-17)18-8-4-3-5-9-18/h3-5,8-9,15-16H,6-7,10-14H2,1-2H3/t16-/m1/s1. The van der Waals surface area contributed by atoms with Crippen LogP contribution in [0.1, 0.15) is 25.5 Å². The summed E-state index contributed by atoms with van der Waals surface area (Å²) in [5, 5.41) is 8.54. The lowest BCUT2D eigenvalue weighted by Crippen LogP contribution is -2.32. The van der Waals surface area contributed by atoms with E-state index in [1.54, 1.807) is 0 Å². The van der Waals surface area contributed by atoms with Crippen molar-refractivity contribution in [2.24, 2.45) is 5.92 Å². The first-order valence-electron chi connectivity index (χ1n) is 8.58. The summed E-state index contributed by atoms with van der Waals surface area (Å²) in [6.07, 6.45) is 4.76. The summed E-state index contributed by atoms with van der Waals surface area (Å²) in [7, 11) is 2.17. The number of rotatable bonds is 7. The number of para-hydroxylation sites is 1. The largest absolute Gasteiger partial charge is 0.303 e. The van der Waals surface area contributed by atoms with Crippen LogP contribution in [0, 0.1) is 5.92 Å². The Morgan fingerprint density at radius 2 is 1.91 bits per heavy atom. The zero-order chi connectivity index (χ0) is 16.1. The van der Waals surface area contributed by atoms with Crippen LogP contribution in [0.25, 0.3) is 5.69 Å². The lowest BCUT2D eigenvalue weighted by Gasteiger charge is -2.24. The van der Waals surface area contributed by atoms with E-state index < -0.39 is 0 Å². The average Bonchev–Trinajstić information content (AvgIpc) is 3.20. The molecule has 23 heavy (non-hydrogen) atoms. The van der Waals surface area contributed by atoms with Crippen molar-refractivity contribution in [3.8, 4) is 5.69 Å². The van der Waals surface area contributed by atoms with Crippen LogP contribution >= 0.6 is 0 Å². The topological polar surface area (TPSA) is 37.2 Å². The molecule has 2 heterocycles. The minimum atomic E-state index is 0.683. The van der Waals surface area contributed by atoms with Gasteiger partial charge in [0.25, 0.3) is 0 Å². The zero-order valence-corrected chi connectivity index (χ0v) is 14.2. The van der Waals surface area contributed by atoms with Gasteiger partial charge in [-0.15, -0.1) is 5.10 Å². The zero-order valence-electron chi connectivity index (χ0n) is 14.2. The van der Waals surface area contributed by atoms with Crippen LogP contribution in [0.5, 0.6) is 0 Å². The highest BCUT2D eigenvalue weighted by molar-refractivity contribution is 5.29. The Morgan fingerprint density at radius 1 is 1.17 bits per heavy atom. The second-order valence-electron chi connectivity index (χ2n) is 6.80. The lowest BCUT2D eigenvalue weighted by atomic mass is 10.1. The van der Waals surface area contributed by atoms with Crippen LogP contribution in [0.4, 0.5) is 0 Å². The molecule has 124 valence electrons. The Hall–Kier alpha value is -1.72. The summed E-state index contributed by atoms with van der Waals surface area (Å²) in [5.74, 6) is 0.683. The van der Waals surface area contributed by atoms with Gasteiger partial charge in [0.1, 0.15) is 0 Å². The molecule has 0 bridgehead atoms. The molecule has 0 amide bonds. The van der Waals surface area contributed by atoms with Gasteiger partial charge in [-0.25, -0.2) is 4.68 Å². The molecule has 1 aromatic heterocycles. The maximum Gasteiger partial charge on any atom is 0.0971 e. The van der Waals surface area contributed by atoms with E-state index in [0.717, 1.165) is 24.5 Å². The predicted octanol–water partition coefficient (Wildman–Crippen LogP) is 2.43. The van der Waals surface area contributed by atoms with Crippen molar-refractivity contribution < 1.29 is 0 Å². The molecule has 1 aliphatic rings. The molecular formula is C18H27N5. The van der Waals surface area contributed by atoms with Gasteiger partial charge in [0, 0.05) is 19.6 Å². The van der Waals surface area contributed by atoms with E-state index >= 15 is 0 Å². The molecule has 0 aliphatic carbocycles. The lowest BCUT2D eigenvalue weighted by molar-refractivity contribution is 0.220.